The fourth-order valence-corrected chi connectivity index (χ4v) is 8.01. The van der Waals surface area contributed by atoms with Gasteiger partial charge in [-0.1, -0.05) is 65.0 Å². The van der Waals surface area contributed by atoms with Gasteiger partial charge in [-0.05, 0) is 50.7 Å². The smallest absolute Gasteiger partial charge is 0.356 e. The van der Waals surface area contributed by atoms with Crippen LogP contribution in [0.25, 0.3) is 0 Å². The number of rotatable bonds is 7. The predicted molar refractivity (Wildman–Crippen MR) is 148 cm³/mol. The SMILES string of the molecule is CS(=O)COC(=O)[C@@]1(OC(=O)C(Cl)Cl)[C@H](OC(=O)C(Cl)Cl)C[C@H]2[C@@H]3CCC4=CC(=O)C=C[C@]4(C)[C@@]3(F)[C@@H](O)C[C@@]21C. The number of hydrogen-bond acceptors (Lipinski definition) is 9. The van der Waals surface area contributed by atoms with Crippen LogP contribution in [0.1, 0.15) is 39.5 Å². The first-order valence-corrected chi connectivity index (χ1v) is 16.2. The lowest BCUT2D eigenvalue weighted by Gasteiger charge is -2.62. The van der Waals surface area contributed by atoms with Crippen LogP contribution >= 0.6 is 46.4 Å². The Hall–Kier alpha value is -1.24. The van der Waals surface area contributed by atoms with Crippen molar-refractivity contribution in [3.63, 3.8) is 0 Å². The van der Waals surface area contributed by atoms with Crippen molar-refractivity contribution in [2.24, 2.45) is 22.7 Å². The Balaban J connectivity index is 1.91. The molecule has 4 aliphatic rings. The van der Waals surface area contributed by atoms with E-state index in [4.69, 9.17) is 60.6 Å². The summed E-state index contributed by atoms with van der Waals surface area (Å²) in [6.07, 6.45) is 1.71. The van der Waals surface area contributed by atoms with E-state index in [0.717, 1.165) is 0 Å². The third kappa shape index (κ3) is 4.96. The Kier molecular flexibility index (Phi) is 9.05. The molecule has 4 aliphatic carbocycles. The van der Waals surface area contributed by atoms with E-state index >= 15 is 4.39 Å². The number of fused-ring (bicyclic) bond motifs is 5. The molecule has 4 rings (SSSR count). The lowest BCUT2D eigenvalue weighted by atomic mass is 9.45. The first-order valence-electron chi connectivity index (χ1n) is 12.7. The molecule has 9 atom stereocenters. The second kappa shape index (κ2) is 11.4. The minimum Gasteiger partial charge on any atom is -0.455 e. The van der Waals surface area contributed by atoms with E-state index in [9.17, 15) is 28.5 Å². The first-order chi connectivity index (χ1) is 19.0. The van der Waals surface area contributed by atoms with Crippen molar-refractivity contribution in [3.05, 3.63) is 23.8 Å². The van der Waals surface area contributed by atoms with Crippen molar-refractivity contribution >= 4 is 80.9 Å². The molecular weight excluding hydrogens is 649 g/mol. The number of alkyl halides is 5. The molecule has 228 valence electrons. The van der Waals surface area contributed by atoms with Crippen molar-refractivity contribution in [1.29, 1.82) is 0 Å². The van der Waals surface area contributed by atoms with E-state index in [-0.39, 0.29) is 18.6 Å². The third-order valence-electron chi connectivity index (χ3n) is 9.34. The summed E-state index contributed by atoms with van der Waals surface area (Å²) in [6.45, 7) is 3.09. The van der Waals surface area contributed by atoms with Crippen LogP contribution in [0.5, 0.6) is 0 Å². The third-order valence-corrected chi connectivity index (χ3v) is 10.5. The highest BCUT2D eigenvalue weighted by Gasteiger charge is 2.80. The highest BCUT2D eigenvalue weighted by atomic mass is 35.5. The molecule has 0 aliphatic heterocycles. The van der Waals surface area contributed by atoms with Crippen LogP contribution in [0.4, 0.5) is 4.39 Å². The molecular formula is C26H29Cl4FO9S. The van der Waals surface area contributed by atoms with Gasteiger partial charge in [0.1, 0.15) is 0 Å². The second-order valence-electron chi connectivity index (χ2n) is 11.3. The number of hydrogen-bond donors (Lipinski definition) is 1. The Morgan fingerprint density at radius 1 is 1.15 bits per heavy atom. The van der Waals surface area contributed by atoms with Crippen LogP contribution in [0.2, 0.25) is 0 Å². The van der Waals surface area contributed by atoms with Crippen molar-refractivity contribution in [2.45, 2.75) is 72.7 Å². The van der Waals surface area contributed by atoms with Gasteiger partial charge in [0, 0.05) is 23.0 Å². The normalized spacial score (nSPS) is 40.3. The molecule has 9 nitrogen and oxygen atoms in total. The molecule has 41 heavy (non-hydrogen) atoms. The summed E-state index contributed by atoms with van der Waals surface area (Å²) in [7, 11) is -1.65. The van der Waals surface area contributed by atoms with Crippen LogP contribution < -0.4 is 0 Å². The van der Waals surface area contributed by atoms with E-state index in [1.54, 1.807) is 6.92 Å². The number of aliphatic hydroxyl groups excluding tert-OH is 1. The van der Waals surface area contributed by atoms with Gasteiger partial charge in [-0.15, -0.1) is 0 Å². The molecule has 0 aromatic carbocycles. The second-order valence-corrected chi connectivity index (χ2v) is 14.9. The highest BCUT2D eigenvalue weighted by Crippen LogP contribution is 2.70. The van der Waals surface area contributed by atoms with E-state index < -0.39 is 96.9 Å². The summed E-state index contributed by atoms with van der Waals surface area (Å²) in [4.78, 5) is 48.1. The summed E-state index contributed by atoms with van der Waals surface area (Å²) in [5.41, 5.74) is -7.30. The number of halogens is 5. The van der Waals surface area contributed by atoms with Gasteiger partial charge < -0.3 is 19.3 Å². The quantitative estimate of drug-likeness (QED) is 0.244. The topological polar surface area (TPSA) is 133 Å². The average molecular weight is 678 g/mol. The Morgan fingerprint density at radius 3 is 2.37 bits per heavy atom. The zero-order chi connectivity index (χ0) is 30.7. The predicted octanol–water partition coefficient (Wildman–Crippen LogP) is 3.65. The minimum atomic E-state index is -2.51. The molecule has 15 heteroatoms. The number of allylic oxidation sites excluding steroid dienone is 4. The zero-order valence-electron chi connectivity index (χ0n) is 22.2. The van der Waals surface area contributed by atoms with E-state index in [2.05, 4.69) is 0 Å². The fourth-order valence-electron chi connectivity index (χ4n) is 7.54. The van der Waals surface area contributed by atoms with Crippen molar-refractivity contribution in [2.75, 3.05) is 12.2 Å². The number of ether oxygens (including phenoxy) is 3. The molecule has 0 heterocycles. The summed E-state index contributed by atoms with van der Waals surface area (Å²) in [5, 5.41) is 11.6. The Bertz CT molecular complexity index is 1240. The van der Waals surface area contributed by atoms with E-state index in [1.807, 2.05) is 0 Å². The minimum absolute atomic E-state index is 0.149. The molecule has 0 amide bonds. The Labute approximate surface area is 258 Å². The Morgan fingerprint density at radius 2 is 1.78 bits per heavy atom. The highest BCUT2D eigenvalue weighted by molar-refractivity contribution is 7.84. The summed E-state index contributed by atoms with van der Waals surface area (Å²) < 4.78 is 45.9. The monoisotopic (exact) mass is 676 g/mol. The molecule has 3 saturated carbocycles. The molecule has 1 N–H and O–H groups in total. The van der Waals surface area contributed by atoms with Gasteiger partial charge in [-0.2, -0.15) is 0 Å². The maximum Gasteiger partial charge on any atom is 0.356 e. The first kappa shape index (κ1) is 32.7. The van der Waals surface area contributed by atoms with Gasteiger partial charge in [-0.3, -0.25) is 9.00 Å². The number of aliphatic hydroxyl groups is 1. The van der Waals surface area contributed by atoms with Crippen LogP contribution in [0.3, 0.4) is 0 Å². The molecule has 0 radical (unpaired) electrons. The molecule has 0 aromatic heterocycles. The lowest BCUT2D eigenvalue weighted by molar-refractivity contribution is -0.240. The standard InChI is InChI=1S/C26H29Cl4FO9S/c1-23-7-6-13(32)8-12(23)4-5-14-15-9-17(39-20(34)18(27)28)26(40-21(35)19(29)30,22(36)38-11-41(3)37)24(15,2)10-16(33)25(14,23)31/h6-8,14-19,33H,4-5,9-11H2,1-3H3/t14-,15-,16-,17+,23-,24-,25-,26-,41?/m0/s1. The zero-order valence-corrected chi connectivity index (χ0v) is 26.1. The number of carbonyl (C=O) groups excluding carboxylic acids is 4. The molecule has 0 aromatic rings. The van der Waals surface area contributed by atoms with Crippen LogP contribution in [0.15, 0.2) is 23.8 Å². The number of ketones is 1. The molecule has 0 saturated heterocycles. The maximum absolute atomic E-state index is 17.6. The molecule has 0 spiro atoms. The molecule has 1 unspecified atom stereocenters. The van der Waals surface area contributed by atoms with Crippen molar-refractivity contribution < 1.29 is 47.1 Å². The molecule has 0 bridgehead atoms. The summed E-state index contributed by atoms with van der Waals surface area (Å²) >= 11 is 23.0. The van der Waals surface area contributed by atoms with E-state index in [1.165, 1.54) is 31.4 Å². The number of carbonyl (C=O) groups is 4. The van der Waals surface area contributed by atoms with E-state index in [0.29, 0.717) is 12.0 Å². The summed E-state index contributed by atoms with van der Waals surface area (Å²) in [5.74, 6) is -6.46. The van der Waals surface area contributed by atoms with Crippen LogP contribution in [-0.4, -0.2) is 78.4 Å². The van der Waals surface area contributed by atoms with Gasteiger partial charge >= 0.3 is 17.9 Å². The largest absolute Gasteiger partial charge is 0.455 e. The van der Waals surface area contributed by atoms with Gasteiger partial charge in [0.05, 0.1) is 16.9 Å². The van der Waals surface area contributed by atoms with Gasteiger partial charge in [0.25, 0.3) is 5.60 Å². The fraction of sp³-hybridized carbons (Fsp3) is 0.692. The van der Waals surface area contributed by atoms with Crippen molar-refractivity contribution in [1.82, 2.24) is 0 Å². The molecule has 3 fully saturated rings. The number of esters is 3. The van der Waals surface area contributed by atoms with Gasteiger partial charge in [0.15, 0.2) is 23.5 Å². The summed E-state index contributed by atoms with van der Waals surface area (Å²) in [6, 6.07) is 0. The average Bonchev–Trinajstić information content (AvgIpc) is 3.11. The lowest BCUT2D eigenvalue weighted by Crippen LogP contribution is -2.70. The van der Waals surface area contributed by atoms with Crippen LogP contribution in [0, 0.1) is 22.7 Å². The van der Waals surface area contributed by atoms with Gasteiger partial charge in [-0.25, -0.2) is 18.8 Å². The van der Waals surface area contributed by atoms with Crippen molar-refractivity contribution in [3.8, 4) is 0 Å². The van der Waals surface area contributed by atoms with Gasteiger partial charge in [0.2, 0.25) is 9.67 Å². The maximum atomic E-state index is 17.6. The van der Waals surface area contributed by atoms with Crippen LogP contribution in [-0.2, 0) is 44.2 Å².